The molecule has 1 saturated heterocycles. The molecule has 0 unspecified atom stereocenters. The number of hydrogen-bond donors (Lipinski definition) is 1. The number of rotatable bonds is 10. The first-order valence-electron chi connectivity index (χ1n) is 11.3. The van der Waals surface area contributed by atoms with E-state index in [0.717, 1.165) is 51.3 Å². The summed E-state index contributed by atoms with van der Waals surface area (Å²) in [7, 11) is 0. The van der Waals surface area contributed by atoms with Gasteiger partial charge in [0.05, 0.1) is 18.8 Å². The molecule has 2 aromatic rings. The first-order chi connectivity index (χ1) is 14.1. The van der Waals surface area contributed by atoms with Crippen molar-refractivity contribution >= 4 is 0 Å². The van der Waals surface area contributed by atoms with E-state index in [1.807, 2.05) is 0 Å². The molecular formula is C26H37NO2. The van der Waals surface area contributed by atoms with Crippen LogP contribution in [0.25, 0.3) is 0 Å². The Balaban J connectivity index is 1.94. The summed E-state index contributed by atoms with van der Waals surface area (Å²) in [4.78, 5) is 2.45. The average Bonchev–Trinajstić information content (AvgIpc) is 2.77. The summed E-state index contributed by atoms with van der Waals surface area (Å²) in [6.07, 6.45) is 5.44. The van der Waals surface area contributed by atoms with Crippen molar-refractivity contribution in [3.05, 3.63) is 71.3 Å². The Kier molecular flexibility index (Phi) is 8.29. The highest BCUT2D eigenvalue weighted by atomic mass is 16.5. The molecule has 3 heteroatoms. The maximum atomic E-state index is 12.3. The topological polar surface area (TPSA) is 32.7 Å². The molecule has 0 aliphatic carbocycles. The number of ether oxygens (including phenoxy) is 1. The van der Waals surface area contributed by atoms with Crippen molar-refractivity contribution in [1.29, 1.82) is 0 Å². The third-order valence-electron chi connectivity index (χ3n) is 6.29. The van der Waals surface area contributed by atoms with Gasteiger partial charge >= 0.3 is 0 Å². The van der Waals surface area contributed by atoms with Crippen molar-refractivity contribution in [2.75, 3.05) is 32.8 Å². The van der Waals surface area contributed by atoms with Crippen molar-refractivity contribution in [2.45, 2.75) is 57.5 Å². The van der Waals surface area contributed by atoms with Gasteiger partial charge in [-0.05, 0) is 24.5 Å². The van der Waals surface area contributed by atoms with Crippen LogP contribution >= 0.6 is 0 Å². The Morgan fingerprint density at radius 3 is 2.31 bits per heavy atom. The van der Waals surface area contributed by atoms with Crippen LogP contribution in [0.1, 0.15) is 61.6 Å². The van der Waals surface area contributed by atoms with Gasteiger partial charge in [0.15, 0.2) is 0 Å². The molecule has 158 valence electrons. The summed E-state index contributed by atoms with van der Waals surface area (Å²) >= 11 is 0. The van der Waals surface area contributed by atoms with E-state index in [9.17, 15) is 5.11 Å². The quantitative estimate of drug-likeness (QED) is 0.556. The third kappa shape index (κ3) is 5.91. The lowest BCUT2D eigenvalue weighted by molar-refractivity contribution is -0.0296. The van der Waals surface area contributed by atoms with E-state index in [-0.39, 0.29) is 5.92 Å². The maximum absolute atomic E-state index is 12.3. The monoisotopic (exact) mass is 395 g/mol. The fraction of sp³-hybridized carbons (Fsp3) is 0.538. The molecule has 2 aromatic carbocycles. The van der Waals surface area contributed by atoms with Crippen LogP contribution < -0.4 is 0 Å². The Morgan fingerprint density at radius 2 is 1.66 bits per heavy atom. The number of aryl methyl sites for hydroxylation is 1. The van der Waals surface area contributed by atoms with Crippen molar-refractivity contribution in [2.24, 2.45) is 0 Å². The zero-order chi connectivity index (χ0) is 20.5. The zero-order valence-corrected chi connectivity index (χ0v) is 18.1. The van der Waals surface area contributed by atoms with Gasteiger partial charge in [-0.1, -0.05) is 92.8 Å². The van der Waals surface area contributed by atoms with Gasteiger partial charge < -0.3 is 9.84 Å². The molecule has 1 aliphatic heterocycles. The largest absolute Gasteiger partial charge is 0.384 e. The Bertz CT molecular complexity index is 709. The second-order valence-corrected chi connectivity index (χ2v) is 8.48. The fourth-order valence-electron chi connectivity index (χ4n) is 4.44. The minimum atomic E-state index is -0.874. The highest BCUT2D eigenvalue weighted by Gasteiger charge is 2.40. The molecule has 1 fully saturated rings. The molecule has 0 aromatic heterocycles. The van der Waals surface area contributed by atoms with E-state index in [0.29, 0.717) is 0 Å². The Labute approximate surface area is 176 Å². The highest BCUT2D eigenvalue weighted by molar-refractivity contribution is 5.33. The number of morpholine rings is 1. The molecule has 29 heavy (non-hydrogen) atoms. The lowest BCUT2D eigenvalue weighted by Gasteiger charge is -2.41. The van der Waals surface area contributed by atoms with Gasteiger partial charge in [0.2, 0.25) is 0 Å². The van der Waals surface area contributed by atoms with Crippen LogP contribution in [0.4, 0.5) is 0 Å². The van der Waals surface area contributed by atoms with Crippen molar-refractivity contribution in [3.8, 4) is 0 Å². The minimum absolute atomic E-state index is 0.0335. The molecule has 1 aliphatic rings. The van der Waals surface area contributed by atoms with E-state index in [1.165, 1.54) is 30.4 Å². The summed E-state index contributed by atoms with van der Waals surface area (Å²) in [5.74, 6) is 0.0335. The van der Waals surface area contributed by atoms with Gasteiger partial charge in [-0.25, -0.2) is 0 Å². The Hall–Kier alpha value is -1.68. The third-order valence-corrected chi connectivity index (χ3v) is 6.29. The normalized spacial score (nSPS) is 18.3. The first kappa shape index (κ1) is 22.0. The zero-order valence-electron chi connectivity index (χ0n) is 18.1. The van der Waals surface area contributed by atoms with Gasteiger partial charge in [-0.2, -0.15) is 0 Å². The van der Waals surface area contributed by atoms with E-state index >= 15 is 0 Å². The van der Waals surface area contributed by atoms with Crippen LogP contribution in [0.15, 0.2) is 54.6 Å². The van der Waals surface area contributed by atoms with E-state index in [2.05, 4.69) is 73.3 Å². The molecular weight excluding hydrogens is 358 g/mol. The van der Waals surface area contributed by atoms with Crippen LogP contribution in [0.5, 0.6) is 0 Å². The standard InChI is InChI=1S/C26H37NO2/c1-3-4-5-9-16-26(28,24-14-12-22(2)13-15-24)25(23-10-7-6-8-11-23)21-27-17-19-29-20-18-27/h6-8,10-15,25,28H,3-5,9,16-21H2,1-2H3/t25-,26-/m0/s1. The van der Waals surface area contributed by atoms with Crippen LogP contribution in [0.3, 0.4) is 0 Å². The number of nitrogens with zero attached hydrogens (tertiary/aromatic N) is 1. The van der Waals surface area contributed by atoms with Gasteiger partial charge in [0.1, 0.15) is 0 Å². The lowest BCUT2D eigenvalue weighted by Crippen LogP contribution is -2.45. The SMILES string of the molecule is CCCCCC[C@](O)(c1ccc(C)cc1)[C@@H](CN1CCOCC1)c1ccccc1. The molecule has 0 saturated carbocycles. The number of hydrogen-bond acceptors (Lipinski definition) is 3. The summed E-state index contributed by atoms with van der Waals surface area (Å²) < 4.78 is 5.56. The molecule has 0 amide bonds. The van der Waals surface area contributed by atoms with Crippen LogP contribution in [0, 0.1) is 6.92 Å². The molecule has 3 nitrogen and oxygen atoms in total. The minimum Gasteiger partial charge on any atom is -0.384 e. The summed E-state index contributed by atoms with van der Waals surface area (Å²) in [6.45, 7) is 8.61. The van der Waals surface area contributed by atoms with E-state index in [4.69, 9.17) is 4.74 Å². The molecule has 2 atom stereocenters. The molecule has 0 radical (unpaired) electrons. The fourth-order valence-corrected chi connectivity index (χ4v) is 4.44. The van der Waals surface area contributed by atoms with Crippen LogP contribution in [-0.4, -0.2) is 42.9 Å². The van der Waals surface area contributed by atoms with Crippen molar-refractivity contribution < 1.29 is 9.84 Å². The van der Waals surface area contributed by atoms with Gasteiger partial charge in [0.25, 0.3) is 0 Å². The van der Waals surface area contributed by atoms with Gasteiger partial charge in [0, 0.05) is 25.6 Å². The molecule has 1 heterocycles. The van der Waals surface area contributed by atoms with Crippen LogP contribution in [0.2, 0.25) is 0 Å². The van der Waals surface area contributed by atoms with Crippen molar-refractivity contribution in [3.63, 3.8) is 0 Å². The van der Waals surface area contributed by atoms with Crippen LogP contribution in [-0.2, 0) is 10.3 Å². The molecule has 0 bridgehead atoms. The predicted octanol–water partition coefficient (Wildman–Crippen LogP) is 5.27. The van der Waals surface area contributed by atoms with E-state index in [1.54, 1.807) is 0 Å². The Morgan fingerprint density at radius 1 is 0.966 bits per heavy atom. The van der Waals surface area contributed by atoms with Gasteiger partial charge in [-0.15, -0.1) is 0 Å². The maximum Gasteiger partial charge on any atom is 0.0977 e. The number of unbranched alkanes of at least 4 members (excludes halogenated alkanes) is 3. The second kappa shape index (κ2) is 10.9. The van der Waals surface area contributed by atoms with E-state index < -0.39 is 5.60 Å². The predicted molar refractivity (Wildman–Crippen MR) is 120 cm³/mol. The first-order valence-corrected chi connectivity index (χ1v) is 11.3. The summed E-state index contributed by atoms with van der Waals surface area (Å²) in [6, 6.07) is 19.1. The van der Waals surface area contributed by atoms with Crippen molar-refractivity contribution in [1.82, 2.24) is 4.90 Å². The number of aliphatic hydroxyl groups is 1. The summed E-state index contributed by atoms with van der Waals surface area (Å²) in [5, 5.41) is 12.3. The van der Waals surface area contributed by atoms with Gasteiger partial charge in [-0.3, -0.25) is 4.90 Å². The lowest BCUT2D eigenvalue weighted by atomic mass is 9.73. The molecule has 1 N–H and O–H groups in total. The highest BCUT2D eigenvalue weighted by Crippen LogP contribution is 2.42. The average molecular weight is 396 g/mol. The smallest absolute Gasteiger partial charge is 0.0977 e. The summed E-state index contributed by atoms with van der Waals surface area (Å²) in [5.41, 5.74) is 2.62. The molecule has 0 spiro atoms. The number of benzene rings is 2. The second-order valence-electron chi connectivity index (χ2n) is 8.48. The molecule has 3 rings (SSSR count).